The average Bonchev–Trinajstić information content (AvgIpc) is 2.86. The normalized spacial score (nSPS) is 25.8. The fraction of sp³-hybridized carbons (Fsp3) is 0.250. The van der Waals surface area contributed by atoms with Crippen LogP contribution in [0.5, 0.6) is 0 Å². The highest BCUT2D eigenvalue weighted by atomic mass is 16.2. The second kappa shape index (κ2) is 4.50. The molecular weight excluding hydrogens is 236 g/mol. The minimum Gasteiger partial charge on any atom is -0.272 e. The molecule has 0 N–H and O–H groups in total. The summed E-state index contributed by atoms with van der Waals surface area (Å²) in [6, 6.07) is 10.1. The molecule has 1 unspecified atom stereocenters. The van der Waals surface area contributed by atoms with Gasteiger partial charge in [-0.2, -0.15) is 5.10 Å². The van der Waals surface area contributed by atoms with Gasteiger partial charge >= 0.3 is 0 Å². The highest BCUT2D eigenvalue weighted by Gasteiger charge is 2.41. The summed E-state index contributed by atoms with van der Waals surface area (Å²) in [5, 5.41) is 5.94. The Morgan fingerprint density at radius 2 is 2.05 bits per heavy atom. The first-order chi connectivity index (χ1) is 9.22. The number of hydrogen-bond acceptors (Lipinski definition) is 2. The van der Waals surface area contributed by atoms with E-state index >= 15 is 0 Å². The largest absolute Gasteiger partial charge is 0.272 e. The van der Waals surface area contributed by atoms with Crippen LogP contribution >= 0.6 is 0 Å². The van der Waals surface area contributed by atoms with Crippen molar-refractivity contribution in [2.75, 3.05) is 0 Å². The van der Waals surface area contributed by atoms with Gasteiger partial charge in [0.2, 0.25) is 5.91 Å². The molecule has 1 atom stereocenters. The second-order valence-electron chi connectivity index (χ2n) is 5.05. The molecule has 0 fully saturated rings. The molecule has 1 aromatic rings. The first-order valence-corrected chi connectivity index (χ1v) is 6.48. The Hall–Kier alpha value is -2.16. The molecule has 0 spiro atoms. The highest BCUT2D eigenvalue weighted by Crippen LogP contribution is 2.40. The average molecular weight is 252 g/mol. The van der Waals surface area contributed by atoms with E-state index in [1.54, 1.807) is 11.2 Å². The molecule has 1 aliphatic heterocycles. The van der Waals surface area contributed by atoms with Crippen molar-refractivity contribution in [1.82, 2.24) is 5.01 Å². The van der Waals surface area contributed by atoms with Crippen molar-refractivity contribution in [3.05, 3.63) is 59.7 Å². The molecule has 1 amide bonds. The molecule has 2 aliphatic rings. The smallest absolute Gasteiger partial charge is 0.249 e. The number of rotatable bonds is 2. The summed E-state index contributed by atoms with van der Waals surface area (Å²) in [7, 11) is 0. The number of hydrogen-bond donors (Lipinski definition) is 0. The number of nitrogens with zero attached hydrogens (tertiary/aromatic N) is 2. The van der Waals surface area contributed by atoms with Gasteiger partial charge in [-0.15, -0.1) is 0 Å². The fourth-order valence-corrected chi connectivity index (χ4v) is 2.78. The summed E-state index contributed by atoms with van der Waals surface area (Å²) in [5.41, 5.74) is 1.89. The summed E-state index contributed by atoms with van der Waals surface area (Å²) in [6.45, 7) is 2.09. The third-order valence-electron chi connectivity index (χ3n) is 3.65. The first-order valence-electron chi connectivity index (χ1n) is 6.48. The molecule has 19 heavy (non-hydrogen) atoms. The Bertz CT molecular complexity index is 586. The topological polar surface area (TPSA) is 32.7 Å². The highest BCUT2D eigenvalue weighted by molar-refractivity contribution is 5.94. The van der Waals surface area contributed by atoms with E-state index in [2.05, 4.69) is 36.3 Å². The van der Waals surface area contributed by atoms with Gasteiger partial charge in [-0.25, -0.2) is 5.01 Å². The van der Waals surface area contributed by atoms with E-state index in [9.17, 15) is 4.79 Å². The summed E-state index contributed by atoms with van der Waals surface area (Å²) >= 11 is 0. The monoisotopic (exact) mass is 252 g/mol. The van der Waals surface area contributed by atoms with Crippen LogP contribution in [-0.2, 0) is 10.3 Å². The van der Waals surface area contributed by atoms with Crippen LogP contribution in [0.3, 0.4) is 0 Å². The molecular formula is C16H16N2O. The number of carbonyl (C=O) groups is 1. The fourth-order valence-electron chi connectivity index (χ4n) is 2.78. The van der Waals surface area contributed by atoms with Crippen LogP contribution in [0.2, 0.25) is 0 Å². The SMILES string of the molecule is CC1=CC=CC(c2ccccc2)(N2N=CCC2=O)C1. The zero-order chi connectivity index (χ0) is 13.3. The Labute approximate surface area is 112 Å². The number of amides is 1. The maximum atomic E-state index is 12.1. The summed E-state index contributed by atoms with van der Waals surface area (Å²) in [6.07, 6.45) is 9.06. The molecule has 1 aliphatic carbocycles. The van der Waals surface area contributed by atoms with Gasteiger partial charge < -0.3 is 0 Å². The third-order valence-corrected chi connectivity index (χ3v) is 3.65. The summed E-state index contributed by atoms with van der Waals surface area (Å²) in [5.74, 6) is 0.0585. The van der Waals surface area contributed by atoms with Crippen molar-refractivity contribution in [3.63, 3.8) is 0 Å². The molecule has 3 nitrogen and oxygen atoms in total. The van der Waals surface area contributed by atoms with Gasteiger partial charge in [0, 0.05) is 12.6 Å². The van der Waals surface area contributed by atoms with E-state index < -0.39 is 5.54 Å². The first kappa shape index (κ1) is 11.9. The molecule has 0 radical (unpaired) electrons. The van der Waals surface area contributed by atoms with Gasteiger partial charge in [-0.1, -0.05) is 54.1 Å². The van der Waals surface area contributed by atoms with Crippen molar-refractivity contribution < 1.29 is 4.79 Å². The maximum absolute atomic E-state index is 12.1. The summed E-state index contributed by atoms with van der Waals surface area (Å²) < 4.78 is 0. The minimum absolute atomic E-state index is 0.0585. The van der Waals surface area contributed by atoms with Crippen LogP contribution in [0.25, 0.3) is 0 Å². The molecule has 0 bridgehead atoms. The third kappa shape index (κ3) is 1.91. The van der Waals surface area contributed by atoms with Crippen LogP contribution in [0.1, 0.15) is 25.3 Å². The van der Waals surface area contributed by atoms with E-state index in [-0.39, 0.29) is 5.91 Å². The van der Waals surface area contributed by atoms with Crippen molar-refractivity contribution >= 4 is 12.1 Å². The molecule has 0 aromatic heterocycles. The molecule has 0 saturated carbocycles. The van der Waals surface area contributed by atoms with Gasteiger partial charge in [0.1, 0.15) is 5.54 Å². The van der Waals surface area contributed by atoms with Crippen LogP contribution < -0.4 is 0 Å². The zero-order valence-corrected chi connectivity index (χ0v) is 10.9. The molecule has 3 rings (SSSR count). The lowest BCUT2D eigenvalue weighted by molar-refractivity contribution is -0.133. The van der Waals surface area contributed by atoms with Crippen molar-refractivity contribution in [1.29, 1.82) is 0 Å². The lowest BCUT2D eigenvalue weighted by atomic mass is 9.80. The second-order valence-corrected chi connectivity index (χ2v) is 5.05. The number of benzene rings is 1. The van der Waals surface area contributed by atoms with Crippen LogP contribution in [0.15, 0.2) is 59.2 Å². The van der Waals surface area contributed by atoms with Crippen molar-refractivity contribution in [3.8, 4) is 0 Å². The number of carbonyl (C=O) groups excluding carboxylic acids is 1. The molecule has 1 heterocycles. The predicted octanol–water partition coefficient (Wildman–Crippen LogP) is 3.01. The Morgan fingerprint density at radius 1 is 1.26 bits per heavy atom. The van der Waals surface area contributed by atoms with Gasteiger partial charge in [-0.05, 0) is 12.5 Å². The number of hydrazone groups is 1. The lowest BCUT2D eigenvalue weighted by Crippen LogP contribution is -2.44. The maximum Gasteiger partial charge on any atom is 0.249 e. The minimum atomic E-state index is -0.468. The van der Waals surface area contributed by atoms with Crippen LogP contribution in [0.4, 0.5) is 0 Å². The van der Waals surface area contributed by atoms with E-state index in [4.69, 9.17) is 0 Å². The molecule has 1 aromatic carbocycles. The van der Waals surface area contributed by atoms with E-state index in [0.29, 0.717) is 6.42 Å². The van der Waals surface area contributed by atoms with Crippen molar-refractivity contribution in [2.45, 2.75) is 25.3 Å². The summed E-state index contributed by atoms with van der Waals surface area (Å²) in [4.78, 5) is 12.1. The van der Waals surface area contributed by atoms with E-state index in [1.165, 1.54) is 5.57 Å². The van der Waals surface area contributed by atoms with Gasteiger partial charge in [0.15, 0.2) is 0 Å². The van der Waals surface area contributed by atoms with Crippen molar-refractivity contribution in [2.24, 2.45) is 5.10 Å². The molecule has 0 saturated heterocycles. The van der Waals surface area contributed by atoms with Crippen LogP contribution in [0, 0.1) is 0 Å². The Morgan fingerprint density at radius 3 is 2.68 bits per heavy atom. The van der Waals surface area contributed by atoms with Gasteiger partial charge in [0.25, 0.3) is 0 Å². The standard InChI is InChI=1S/C16H16N2O/c1-13-6-5-10-16(12-13,14-7-3-2-4-8-14)18-15(19)9-11-17-18/h2-8,10-11H,9,12H2,1H3. The lowest BCUT2D eigenvalue weighted by Gasteiger charge is -2.39. The molecule has 3 heteroatoms. The van der Waals surface area contributed by atoms with E-state index in [0.717, 1.165) is 12.0 Å². The van der Waals surface area contributed by atoms with Gasteiger partial charge in [0.05, 0.1) is 6.42 Å². The van der Waals surface area contributed by atoms with Gasteiger partial charge in [-0.3, -0.25) is 4.79 Å². The van der Waals surface area contributed by atoms with Crippen LogP contribution in [-0.4, -0.2) is 17.1 Å². The predicted molar refractivity (Wildman–Crippen MR) is 75.6 cm³/mol. The zero-order valence-electron chi connectivity index (χ0n) is 10.9. The van der Waals surface area contributed by atoms with E-state index in [1.807, 2.05) is 24.3 Å². The Kier molecular flexibility index (Phi) is 2.82. The molecule has 96 valence electrons. The number of allylic oxidation sites excluding steroid dienone is 2. The Balaban J connectivity index is 2.12. The quantitative estimate of drug-likeness (QED) is 0.796.